The lowest BCUT2D eigenvalue weighted by Gasteiger charge is -2.17. The third kappa shape index (κ3) is 2.65. The van der Waals surface area contributed by atoms with Gasteiger partial charge in [-0.2, -0.15) is 0 Å². The van der Waals surface area contributed by atoms with Crippen LogP contribution in [0.3, 0.4) is 0 Å². The quantitative estimate of drug-likeness (QED) is 0.782. The first-order valence-corrected chi connectivity index (χ1v) is 8.45. The number of anilines is 1. The number of aryl methyl sites for hydroxylation is 1. The number of benzene rings is 1. The molecule has 0 atom stereocenters. The van der Waals surface area contributed by atoms with Gasteiger partial charge in [-0.25, -0.2) is 4.39 Å². The van der Waals surface area contributed by atoms with E-state index in [9.17, 15) is 14.0 Å². The Hall–Kier alpha value is -3.09. The van der Waals surface area contributed by atoms with Crippen LogP contribution in [0, 0.1) is 5.82 Å². The van der Waals surface area contributed by atoms with Crippen molar-refractivity contribution in [3.8, 4) is 0 Å². The minimum atomic E-state index is -0.404. The van der Waals surface area contributed by atoms with Crippen LogP contribution in [0.1, 0.15) is 29.1 Å². The average molecular weight is 355 g/mol. The molecular weight excluding hydrogens is 337 g/mol. The number of hydrogen-bond donors (Lipinski definition) is 1. The summed E-state index contributed by atoms with van der Waals surface area (Å²) in [5.41, 5.74) is 1.51. The van der Waals surface area contributed by atoms with Crippen LogP contribution in [-0.4, -0.2) is 22.9 Å². The number of carbonyl (C=O) groups excluding carboxylic acids is 2. The van der Waals surface area contributed by atoms with Crippen LogP contribution >= 0.6 is 0 Å². The van der Waals surface area contributed by atoms with Gasteiger partial charge in [-0.1, -0.05) is 0 Å². The molecule has 134 valence electrons. The van der Waals surface area contributed by atoms with Gasteiger partial charge in [-0.3, -0.25) is 9.59 Å². The Bertz CT molecular complexity index is 991. The van der Waals surface area contributed by atoms with Gasteiger partial charge < -0.3 is 19.2 Å². The normalized spacial score (nSPS) is 14.4. The molecule has 0 radical (unpaired) electrons. The van der Waals surface area contributed by atoms with E-state index in [2.05, 4.69) is 5.32 Å². The van der Waals surface area contributed by atoms with E-state index >= 15 is 0 Å². The van der Waals surface area contributed by atoms with Crippen LogP contribution in [0.5, 0.6) is 0 Å². The van der Waals surface area contributed by atoms with Crippen LogP contribution in [0.4, 0.5) is 10.1 Å². The third-order valence-corrected chi connectivity index (χ3v) is 4.70. The molecule has 1 saturated heterocycles. The van der Waals surface area contributed by atoms with Gasteiger partial charge in [0.05, 0.1) is 24.0 Å². The number of carbonyl (C=O) groups is 2. The first-order chi connectivity index (χ1) is 12.6. The van der Waals surface area contributed by atoms with Crippen molar-refractivity contribution in [1.82, 2.24) is 9.88 Å². The zero-order valence-corrected chi connectivity index (χ0v) is 14.3. The highest BCUT2D eigenvalue weighted by Gasteiger charge is 2.31. The molecule has 1 aliphatic heterocycles. The molecule has 6 nitrogen and oxygen atoms in total. The van der Waals surface area contributed by atoms with Crippen LogP contribution in [-0.2, 0) is 18.4 Å². The van der Waals surface area contributed by atoms with Gasteiger partial charge >= 0.3 is 0 Å². The predicted octanol–water partition coefficient (Wildman–Crippen LogP) is 2.97. The zero-order chi connectivity index (χ0) is 18.3. The SMILES string of the molecule is Cn1c(C(=O)NCc2ccco2)c(N2CCCC2=O)c2cc(F)ccc21. The molecule has 4 rings (SSSR count). The first-order valence-electron chi connectivity index (χ1n) is 8.45. The number of amides is 2. The fourth-order valence-corrected chi connectivity index (χ4v) is 3.48. The summed E-state index contributed by atoms with van der Waals surface area (Å²) in [6.07, 6.45) is 2.69. The summed E-state index contributed by atoms with van der Waals surface area (Å²) in [5, 5.41) is 3.37. The second kappa shape index (κ2) is 6.33. The van der Waals surface area contributed by atoms with Crippen LogP contribution < -0.4 is 10.2 Å². The molecule has 2 aromatic heterocycles. The minimum Gasteiger partial charge on any atom is -0.467 e. The third-order valence-electron chi connectivity index (χ3n) is 4.70. The Morgan fingerprint density at radius 3 is 2.88 bits per heavy atom. The maximum Gasteiger partial charge on any atom is 0.270 e. The Labute approximate surface area is 149 Å². The fourth-order valence-electron chi connectivity index (χ4n) is 3.48. The molecule has 1 fully saturated rings. The summed E-state index contributed by atoms with van der Waals surface area (Å²) < 4.78 is 20.8. The van der Waals surface area contributed by atoms with Crippen molar-refractivity contribution in [3.63, 3.8) is 0 Å². The van der Waals surface area contributed by atoms with E-state index in [-0.39, 0.29) is 18.4 Å². The number of rotatable bonds is 4. The molecule has 1 aliphatic rings. The number of aromatic nitrogens is 1. The molecule has 2 amide bonds. The minimum absolute atomic E-state index is 0.0538. The van der Waals surface area contributed by atoms with Gasteiger partial charge in [-0.05, 0) is 36.8 Å². The van der Waals surface area contributed by atoms with Gasteiger partial charge in [0.25, 0.3) is 5.91 Å². The fraction of sp³-hybridized carbons (Fsp3) is 0.263. The number of hydrogen-bond acceptors (Lipinski definition) is 3. The molecule has 0 bridgehead atoms. The molecule has 0 spiro atoms. The van der Waals surface area contributed by atoms with Gasteiger partial charge in [0.2, 0.25) is 5.91 Å². The van der Waals surface area contributed by atoms with Crippen LogP contribution in [0.25, 0.3) is 10.9 Å². The topological polar surface area (TPSA) is 67.5 Å². The number of nitrogens with one attached hydrogen (secondary N) is 1. The van der Waals surface area contributed by atoms with E-state index < -0.39 is 5.82 Å². The molecule has 0 unspecified atom stereocenters. The monoisotopic (exact) mass is 355 g/mol. The second-order valence-corrected chi connectivity index (χ2v) is 6.33. The van der Waals surface area contributed by atoms with Crippen molar-refractivity contribution in [1.29, 1.82) is 0 Å². The lowest BCUT2D eigenvalue weighted by atomic mass is 10.2. The number of halogens is 1. The summed E-state index contributed by atoms with van der Waals surface area (Å²) in [7, 11) is 1.74. The van der Waals surface area contributed by atoms with Crippen molar-refractivity contribution in [2.75, 3.05) is 11.4 Å². The summed E-state index contributed by atoms with van der Waals surface area (Å²) in [6.45, 7) is 0.752. The molecule has 0 aliphatic carbocycles. The Morgan fingerprint density at radius 1 is 1.35 bits per heavy atom. The van der Waals surface area contributed by atoms with E-state index in [0.29, 0.717) is 41.0 Å². The van der Waals surface area contributed by atoms with Crippen molar-refractivity contribution in [3.05, 3.63) is 53.9 Å². The van der Waals surface area contributed by atoms with E-state index in [1.54, 1.807) is 34.7 Å². The Kier molecular flexibility index (Phi) is 3.99. The van der Waals surface area contributed by atoms with E-state index in [0.717, 1.165) is 6.42 Å². The molecule has 26 heavy (non-hydrogen) atoms. The highest BCUT2D eigenvalue weighted by atomic mass is 19.1. The van der Waals surface area contributed by atoms with Crippen LogP contribution in [0.15, 0.2) is 41.0 Å². The molecule has 3 aromatic rings. The highest BCUT2D eigenvalue weighted by Crippen LogP contribution is 2.36. The first kappa shape index (κ1) is 16.4. The van der Waals surface area contributed by atoms with Gasteiger partial charge in [-0.15, -0.1) is 0 Å². The van der Waals surface area contributed by atoms with Gasteiger partial charge in [0, 0.05) is 25.4 Å². The second-order valence-electron chi connectivity index (χ2n) is 6.33. The molecule has 7 heteroatoms. The zero-order valence-electron chi connectivity index (χ0n) is 14.3. The smallest absolute Gasteiger partial charge is 0.270 e. The summed E-state index contributed by atoms with van der Waals surface area (Å²) >= 11 is 0. The van der Waals surface area contributed by atoms with E-state index in [1.165, 1.54) is 18.4 Å². The molecule has 1 N–H and O–H groups in total. The lowest BCUT2D eigenvalue weighted by molar-refractivity contribution is -0.117. The lowest BCUT2D eigenvalue weighted by Crippen LogP contribution is -2.30. The standard InChI is InChI=1S/C19H18FN3O3/c1-22-15-7-6-12(20)10-14(15)17(23-8-2-5-16(23)24)18(22)19(25)21-11-13-4-3-9-26-13/h3-4,6-7,9-10H,2,5,8,11H2,1H3,(H,21,25). The summed E-state index contributed by atoms with van der Waals surface area (Å²) in [4.78, 5) is 26.8. The predicted molar refractivity (Wildman–Crippen MR) is 94.3 cm³/mol. The molecular formula is C19H18FN3O3. The highest BCUT2D eigenvalue weighted by molar-refractivity contribution is 6.14. The van der Waals surface area contributed by atoms with E-state index in [1.807, 2.05) is 0 Å². The van der Waals surface area contributed by atoms with Crippen molar-refractivity contribution in [2.45, 2.75) is 19.4 Å². The van der Waals surface area contributed by atoms with E-state index in [4.69, 9.17) is 4.42 Å². The van der Waals surface area contributed by atoms with Gasteiger partial charge in [0.1, 0.15) is 17.3 Å². The van der Waals surface area contributed by atoms with Crippen molar-refractivity contribution >= 4 is 28.4 Å². The number of nitrogens with zero attached hydrogens (tertiary/aromatic N) is 2. The van der Waals surface area contributed by atoms with Gasteiger partial charge in [0.15, 0.2) is 0 Å². The number of fused-ring (bicyclic) bond motifs is 1. The number of furan rings is 1. The molecule has 0 saturated carbocycles. The maximum atomic E-state index is 13.9. The summed E-state index contributed by atoms with van der Waals surface area (Å²) in [6, 6.07) is 7.86. The Morgan fingerprint density at radius 2 is 2.19 bits per heavy atom. The van der Waals surface area contributed by atoms with Crippen molar-refractivity contribution < 1.29 is 18.4 Å². The van der Waals surface area contributed by atoms with Crippen molar-refractivity contribution in [2.24, 2.45) is 7.05 Å². The summed E-state index contributed by atoms with van der Waals surface area (Å²) in [5.74, 6) is -0.169. The Balaban J connectivity index is 1.80. The maximum absolute atomic E-state index is 13.9. The van der Waals surface area contributed by atoms with Crippen LogP contribution in [0.2, 0.25) is 0 Å². The average Bonchev–Trinajstić information content (AvgIpc) is 3.33. The largest absolute Gasteiger partial charge is 0.467 e. The molecule has 1 aromatic carbocycles. The molecule has 3 heterocycles.